The van der Waals surface area contributed by atoms with Gasteiger partial charge in [0.15, 0.2) is 0 Å². The molecule has 12 heteroatoms. The summed E-state index contributed by atoms with van der Waals surface area (Å²) in [6, 6.07) is 0. The van der Waals surface area contributed by atoms with Gasteiger partial charge < -0.3 is 38.3 Å². The predicted octanol–water partition coefficient (Wildman–Crippen LogP) is -9.98. The van der Waals surface area contributed by atoms with E-state index in [1.54, 1.807) is 0 Å². The van der Waals surface area contributed by atoms with Gasteiger partial charge in [-0.3, -0.25) is 0 Å². The first-order chi connectivity index (χ1) is 0. The number of hydrogen-bond acceptors (Lipinski definition) is 0. The van der Waals surface area contributed by atoms with Crippen molar-refractivity contribution in [2.24, 2.45) is 0 Å². The molecule has 0 amide bonds. The molecule has 0 aliphatic heterocycles. The summed E-state index contributed by atoms with van der Waals surface area (Å²) in [5, 5.41) is 0. The molecule has 0 atom stereocenters. The Balaban J connectivity index is 0. The van der Waals surface area contributed by atoms with Crippen molar-refractivity contribution in [3.63, 3.8) is 0 Å². The van der Waals surface area contributed by atoms with Crippen LogP contribution in [0.15, 0.2) is 0 Å². The van der Waals surface area contributed by atoms with Crippen LogP contribution in [0.25, 0.3) is 0 Å². The molecule has 0 fully saturated rings. The van der Waals surface area contributed by atoms with Crippen LogP contribution >= 0.6 is 0 Å². The molecule has 14 N–H and O–H groups in total. The average molecular weight is 667 g/mol. The molecule has 0 heterocycles. The van der Waals surface area contributed by atoms with Gasteiger partial charge in [-0.05, 0) is 0 Å². The average Bonchev–Trinajstić information content (AvgIpc) is 0. The van der Waals surface area contributed by atoms with Gasteiger partial charge in [0, 0.05) is 17.1 Å². The maximum absolute atomic E-state index is 0. The van der Waals surface area contributed by atoms with E-state index in [-0.39, 0.29) is 155 Å². The van der Waals surface area contributed by atoms with Crippen molar-refractivity contribution in [3.8, 4) is 0 Å². The Labute approximate surface area is 152 Å². The summed E-state index contributed by atoms with van der Waals surface area (Å²) < 4.78 is 0. The molecule has 12 heavy (non-hydrogen) atoms. The minimum atomic E-state index is 0. The molecular weight excluding hydrogens is 643 g/mol. The molecule has 5 radical (unpaired) electrons. The summed E-state index contributed by atoms with van der Waals surface area (Å²) in [6.07, 6.45) is 0. The minimum absolute atomic E-state index is 0. The predicted molar refractivity (Wildman–Crippen MR) is 62.3 cm³/mol. The quantitative estimate of drug-likeness (QED) is 0.220. The van der Waals surface area contributed by atoms with Crippen molar-refractivity contribution < 1.29 is 55.4 Å². The van der Waals surface area contributed by atoms with Crippen LogP contribution < -0.4 is 0 Å². The molecule has 0 aromatic heterocycles. The summed E-state index contributed by atoms with van der Waals surface area (Å²) in [4.78, 5) is 0. The fraction of sp³-hybridized carbons (Fsp3) is 0. The molecular formula is H24CuIn2O7Sn2. The van der Waals surface area contributed by atoms with E-state index in [0.29, 0.717) is 0 Å². The first kappa shape index (κ1) is 259. The van der Waals surface area contributed by atoms with Gasteiger partial charge in [0.1, 0.15) is 0 Å². The van der Waals surface area contributed by atoms with Crippen LogP contribution in [0, 0.1) is 0 Å². The number of rotatable bonds is 0. The van der Waals surface area contributed by atoms with Gasteiger partial charge in [0.2, 0.25) is 0 Å². The number of hydrogen-bond donors (Lipinski definition) is 0. The molecule has 0 rings (SSSR count). The third kappa shape index (κ3) is 168. The molecule has 91 valence electrons. The topological polar surface area (TPSA) is 220 Å². The summed E-state index contributed by atoms with van der Waals surface area (Å²) in [6.45, 7) is 0. The van der Waals surface area contributed by atoms with E-state index in [2.05, 4.69) is 0 Å². The van der Waals surface area contributed by atoms with Crippen molar-refractivity contribution in [1.29, 1.82) is 0 Å². The van der Waals surface area contributed by atoms with Crippen molar-refractivity contribution in [2.45, 2.75) is 0 Å². The van der Waals surface area contributed by atoms with E-state index in [9.17, 15) is 0 Å². The summed E-state index contributed by atoms with van der Waals surface area (Å²) >= 11 is 0. The van der Waals surface area contributed by atoms with E-state index in [1.807, 2.05) is 0 Å². The monoisotopic (exact) mass is 669 g/mol. The van der Waals surface area contributed by atoms with Gasteiger partial charge in [-0.25, -0.2) is 0 Å². The molecule has 0 aromatic rings. The fourth-order valence-corrected chi connectivity index (χ4v) is 0. The van der Waals surface area contributed by atoms with Crippen molar-refractivity contribution in [3.05, 3.63) is 0 Å². The van der Waals surface area contributed by atoms with Gasteiger partial charge in [-0.2, -0.15) is 0 Å². The third-order valence-corrected chi connectivity index (χ3v) is 0. The van der Waals surface area contributed by atoms with E-state index in [4.69, 9.17) is 0 Å². The van der Waals surface area contributed by atoms with Crippen molar-refractivity contribution in [2.75, 3.05) is 0 Å². The van der Waals surface area contributed by atoms with Crippen LogP contribution in [-0.2, 0) is 17.1 Å². The molecule has 7 nitrogen and oxygen atoms in total. The van der Waals surface area contributed by atoms with Gasteiger partial charge in [0.05, 0.1) is 0 Å². The van der Waals surface area contributed by atoms with Gasteiger partial charge >= 0.3 is 99.5 Å². The van der Waals surface area contributed by atoms with Crippen LogP contribution in [0.2, 0.25) is 0 Å². The molecule has 0 saturated carbocycles. The summed E-state index contributed by atoms with van der Waals surface area (Å²) in [5.41, 5.74) is 0. The Hall–Kier alpha value is 3.58. The Morgan fingerprint density at radius 3 is 0.333 bits per heavy atom. The molecule has 0 saturated heterocycles. The van der Waals surface area contributed by atoms with Gasteiger partial charge in [-0.15, -0.1) is 0 Å². The molecule has 0 bridgehead atoms. The summed E-state index contributed by atoms with van der Waals surface area (Å²) in [7, 11) is 0. The van der Waals surface area contributed by atoms with Crippen LogP contribution in [-0.4, -0.2) is 138 Å². The van der Waals surface area contributed by atoms with Crippen molar-refractivity contribution in [1.82, 2.24) is 0 Å². The fourth-order valence-electron chi connectivity index (χ4n) is 0. The van der Waals surface area contributed by atoms with Crippen LogP contribution in [0.1, 0.15) is 0 Å². The molecule has 0 aromatic carbocycles. The first-order valence-electron chi connectivity index (χ1n) is 0. The Morgan fingerprint density at radius 1 is 0.333 bits per heavy atom. The van der Waals surface area contributed by atoms with Gasteiger partial charge in [-0.1, -0.05) is 0 Å². The standard InChI is InChI=1S/Cu.2In.7H2O.2Sn.10H/h;;;7*1H2;;;;;;;;;;;;. The van der Waals surface area contributed by atoms with E-state index >= 15 is 0 Å². The zero-order valence-electron chi connectivity index (χ0n) is 5.22. The van der Waals surface area contributed by atoms with E-state index in [1.165, 1.54) is 0 Å². The van der Waals surface area contributed by atoms with Crippen LogP contribution in [0.3, 0.4) is 0 Å². The maximum atomic E-state index is 0. The van der Waals surface area contributed by atoms with Gasteiger partial charge in [0.25, 0.3) is 0 Å². The van der Waals surface area contributed by atoms with Crippen LogP contribution in [0.5, 0.6) is 0 Å². The van der Waals surface area contributed by atoms with Crippen molar-refractivity contribution >= 4 is 99.5 Å². The Morgan fingerprint density at radius 2 is 0.333 bits per heavy atom. The molecule has 0 aliphatic carbocycles. The summed E-state index contributed by atoms with van der Waals surface area (Å²) in [5.74, 6) is 0. The molecule has 0 aliphatic rings. The van der Waals surface area contributed by atoms with E-state index in [0.717, 1.165) is 0 Å². The second-order valence-electron chi connectivity index (χ2n) is 0. The van der Waals surface area contributed by atoms with E-state index < -0.39 is 0 Å². The Kier molecular flexibility index (Phi) is 4530. The second kappa shape index (κ2) is 210. The zero-order chi connectivity index (χ0) is 0. The normalized spacial score (nSPS) is 0. The first-order valence-corrected chi connectivity index (χ1v) is 0. The molecule has 0 spiro atoms. The van der Waals surface area contributed by atoms with Crippen LogP contribution in [0.4, 0.5) is 0 Å². The Bertz CT molecular complexity index is 19.4. The SMILES string of the molecule is O.O.O.O.O.O.O.[Cu].[InH3].[InH3].[SnH2].[SnH2]. The molecule has 0 unspecified atom stereocenters. The second-order valence-corrected chi connectivity index (χ2v) is 0. The third-order valence-electron chi connectivity index (χ3n) is 0. The zero-order valence-corrected chi connectivity index (χ0v) is 14.2.